The molecule has 0 spiro atoms. The maximum atomic E-state index is 13.5. The molecular formula is C31H28N2O5. The first-order chi connectivity index (χ1) is 18.4. The molecule has 1 atom stereocenters. The Kier molecular flexibility index (Phi) is 5.76. The zero-order valence-corrected chi connectivity index (χ0v) is 21.4. The second-order valence-electron chi connectivity index (χ2n) is 10.0. The van der Waals surface area contributed by atoms with E-state index in [1.54, 1.807) is 17.6 Å². The SMILES string of the molecule is CCc1ccc(CCC(=O)c2ccccc2)c2cc3c(nc12)-c1cc2c(c(=O)n1C3)COC(=O)[C@]2(O)CC. The van der Waals surface area contributed by atoms with Crippen molar-refractivity contribution in [2.75, 3.05) is 0 Å². The Morgan fingerprint density at radius 3 is 2.58 bits per heavy atom. The fraction of sp³-hybridized carbons (Fsp3) is 0.290. The summed E-state index contributed by atoms with van der Waals surface area (Å²) >= 11 is 0. The maximum Gasteiger partial charge on any atom is 0.343 e. The van der Waals surface area contributed by atoms with Gasteiger partial charge >= 0.3 is 5.97 Å². The van der Waals surface area contributed by atoms with E-state index in [1.165, 1.54) is 0 Å². The number of ketones is 1. The van der Waals surface area contributed by atoms with Crippen molar-refractivity contribution in [3.63, 3.8) is 0 Å². The number of fused-ring (bicyclic) bond motifs is 5. The Morgan fingerprint density at radius 1 is 1.08 bits per heavy atom. The van der Waals surface area contributed by atoms with Crippen molar-refractivity contribution < 1.29 is 19.4 Å². The van der Waals surface area contributed by atoms with Gasteiger partial charge in [-0.3, -0.25) is 9.59 Å². The maximum absolute atomic E-state index is 13.5. The number of hydrogen-bond donors (Lipinski definition) is 1. The summed E-state index contributed by atoms with van der Waals surface area (Å²) in [4.78, 5) is 43.7. The van der Waals surface area contributed by atoms with E-state index in [9.17, 15) is 19.5 Å². The van der Waals surface area contributed by atoms with Crippen molar-refractivity contribution in [3.05, 3.63) is 98.3 Å². The van der Waals surface area contributed by atoms with Crippen molar-refractivity contribution in [1.82, 2.24) is 9.55 Å². The summed E-state index contributed by atoms with van der Waals surface area (Å²) in [5, 5.41) is 12.1. The minimum Gasteiger partial charge on any atom is -0.458 e. The van der Waals surface area contributed by atoms with Crippen LogP contribution in [0.1, 0.15) is 64.9 Å². The molecule has 0 saturated heterocycles. The predicted octanol–water partition coefficient (Wildman–Crippen LogP) is 4.46. The molecule has 2 aromatic heterocycles. The molecule has 7 heteroatoms. The van der Waals surface area contributed by atoms with Gasteiger partial charge in [-0.25, -0.2) is 9.78 Å². The van der Waals surface area contributed by atoms with Crippen LogP contribution in [0.5, 0.6) is 0 Å². The summed E-state index contributed by atoms with van der Waals surface area (Å²) in [5.41, 5.74) is 4.34. The Morgan fingerprint density at radius 2 is 1.84 bits per heavy atom. The molecule has 4 aromatic rings. The van der Waals surface area contributed by atoms with E-state index in [1.807, 2.05) is 30.3 Å². The molecular weight excluding hydrogens is 480 g/mol. The highest BCUT2D eigenvalue weighted by molar-refractivity contribution is 5.97. The van der Waals surface area contributed by atoms with Crippen LogP contribution in [0.2, 0.25) is 0 Å². The average Bonchev–Trinajstić information content (AvgIpc) is 3.31. The standard InChI is InChI=1S/C31H28N2O5/c1-3-18-10-11-19(12-13-26(34)20-8-6-5-7-9-20)22-14-21-16-33-25(28(21)32-27(18)22)15-24-23(29(33)35)17-38-30(36)31(24,37)4-2/h5-11,14-15,37H,3-4,12-13,16-17H2,1-2H3/t31-/m0/s1. The Bertz CT molecular complexity index is 1690. The average molecular weight is 509 g/mol. The summed E-state index contributed by atoms with van der Waals surface area (Å²) in [5.74, 6) is -0.637. The lowest BCUT2D eigenvalue weighted by Crippen LogP contribution is -2.44. The van der Waals surface area contributed by atoms with Gasteiger partial charge in [-0.2, -0.15) is 0 Å². The van der Waals surface area contributed by atoms with Crippen LogP contribution >= 0.6 is 0 Å². The van der Waals surface area contributed by atoms with Crippen LogP contribution in [0.4, 0.5) is 0 Å². The van der Waals surface area contributed by atoms with Gasteiger partial charge in [0.15, 0.2) is 11.4 Å². The van der Waals surface area contributed by atoms with Crippen LogP contribution in [-0.4, -0.2) is 26.4 Å². The Labute approximate surface area is 219 Å². The molecule has 0 aliphatic carbocycles. The van der Waals surface area contributed by atoms with Gasteiger partial charge in [-0.15, -0.1) is 0 Å². The van der Waals surface area contributed by atoms with Gasteiger partial charge in [-0.1, -0.05) is 56.3 Å². The summed E-state index contributed by atoms with van der Waals surface area (Å²) in [7, 11) is 0. The molecule has 0 amide bonds. The van der Waals surface area contributed by atoms with Gasteiger partial charge in [0.25, 0.3) is 5.56 Å². The number of carbonyl (C=O) groups is 2. The van der Waals surface area contributed by atoms with Gasteiger partial charge in [0.2, 0.25) is 0 Å². The molecule has 0 bridgehead atoms. The second-order valence-corrected chi connectivity index (χ2v) is 10.0. The number of aryl methyl sites for hydroxylation is 2. The van der Waals surface area contributed by atoms with E-state index in [0.29, 0.717) is 47.5 Å². The summed E-state index contributed by atoms with van der Waals surface area (Å²) < 4.78 is 6.82. The number of Topliss-reactive ketones (excluding diaryl/α,β-unsaturated/α-hetero) is 1. The monoisotopic (exact) mass is 508 g/mol. The van der Waals surface area contributed by atoms with Crippen molar-refractivity contribution in [2.45, 2.75) is 58.3 Å². The van der Waals surface area contributed by atoms with E-state index in [4.69, 9.17) is 9.72 Å². The number of hydrogen-bond acceptors (Lipinski definition) is 6. The highest BCUT2D eigenvalue weighted by Gasteiger charge is 2.45. The zero-order valence-electron chi connectivity index (χ0n) is 21.4. The molecule has 0 unspecified atom stereocenters. The van der Waals surface area contributed by atoms with E-state index in [2.05, 4.69) is 25.1 Å². The Balaban J connectivity index is 1.45. The van der Waals surface area contributed by atoms with Gasteiger partial charge in [0, 0.05) is 28.5 Å². The highest BCUT2D eigenvalue weighted by atomic mass is 16.6. The molecule has 0 radical (unpaired) electrons. The molecule has 7 nitrogen and oxygen atoms in total. The third-order valence-electron chi connectivity index (χ3n) is 7.95. The smallest absolute Gasteiger partial charge is 0.343 e. The number of carbonyl (C=O) groups excluding carboxylic acids is 2. The van der Waals surface area contributed by atoms with E-state index < -0.39 is 11.6 Å². The fourth-order valence-corrected chi connectivity index (χ4v) is 5.70. The third kappa shape index (κ3) is 3.61. The van der Waals surface area contributed by atoms with Crippen molar-refractivity contribution in [2.24, 2.45) is 0 Å². The lowest BCUT2D eigenvalue weighted by molar-refractivity contribution is -0.172. The van der Waals surface area contributed by atoms with Crippen molar-refractivity contribution in [1.29, 1.82) is 0 Å². The minimum atomic E-state index is -1.85. The predicted molar refractivity (Wildman–Crippen MR) is 143 cm³/mol. The zero-order chi connectivity index (χ0) is 26.6. The molecule has 2 aromatic carbocycles. The van der Waals surface area contributed by atoms with E-state index in [-0.39, 0.29) is 24.4 Å². The van der Waals surface area contributed by atoms with Gasteiger partial charge in [-0.05, 0) is 42.5 Å². The molecule has 1 N–H and O–H groups in total. The molecule has 0 saturated carbocycles. The number of nitrogens with zero attached hydrogens (tertiary/aromatic N) is 2. The summed E-state index contributed by atoms with van der Waals surface area (Å²) in [6.45, 7) is 3.96. The summed E-state index contributed by atoms with van der Waals surface area (Å²) in [6.07, 6.45) is 1.85. The number of pyridine rings is 2. The molecule has 2 aliphatic rings. The van der Waals surface area contributed by atoms with Gasteiger partial charge in [0.05, 0.1) is 29.0 Å². The Hall–Kier alpha value is -4.10. The third-order valence-corrected chi connectivity index (χ3v) is 7.95. The quantitative estimate of drug-likeness (QED) is 0.269. The lowest BCUT2D eigenvalue weighted by atomic mass is 9.86. The molecule has 192 valence electrons. The first kappa shape index (κ1) is 24.2. The van der Waals surface area contributed by atoms with Crippen molar-refractivity contribution >= 4 is 22.7 Å². The molecule has 2 aliphatic heterocycles. The van der Waals surface area contributed by atoms with Crippen molar-refractivity contribution in [3.8, 4) is 11.4 Å². The topological polar surface area (TPSA) is 98.5 Å². The molecule has 6 rings (SSSR count). The molecule has 4 heterocycles. The first-order valence-electron chi connectivity index (χ1n) is 13.1. The van der Waals surface area contributed by atoms with E-state index >= 15 is 0 Å². The normalized spacial score (nSPS) is 17.6. The number of aliphatic hydroxyl groups is 1. The van der Waals surface area contributed by atoms with E-state index in [0.717, 1.165) is 34.0 Å². The molecule has 38 heavy (non-hydrogen) atoms. The summed E-state index contributed by atoms with van der Waals surface area (Å²) in [6, 6.07) is 17.3. The largest absolute Gasteiger partial charge is 0.458 e. The van der Waals surface area contributed by atoms with Crippen LogP contribution in [0.15, 0.2) is 59.4 Å². The number of rotatable bonds is 6. The van der Waals surface area contributed by atoms with Crippen LogP contribution in [-0.2, 0) is 41.1 Å². The van der Waals surface area contributed by atoms with Gasteiger partial charge in [0.1, 0.15) is 6.61 Å². The minimum absolute atomic E-state index is 0.0946. The number of ether oxygens (including phenoxy) is 1. The molecule has 0 fully saturated rings. The number of esters is 1. The fourth-order valence-electron chi connectivity index (χ4n) is 5.70. The number of benzene rings is 2. The lowest BCUT2D eigenvalue weighted by Gasteiger charge is -2.31. The van der Waals surface area contributed by atoms with Crippen LogP contribution in [0.3, 0.4) is 0 Å². The number of cyclic esters (lactones) is 1. The number of aromatic nitrogens is 2. The highest BCUT2D eigenvalue weighted by Crippen LogP contribution is 2.39. The van der Waals surface area contributed by atoms with Crippen LogP contribution in [0, 0.1) is 0 Å². The van der Waals surface area contributed by atoms with Crippen LogP contribution < -0.4 is 5.56 Å². The second kappa shape index (κ2) is 9.03. The van der Waals surface area contributed by atoms with Gasteiger partial charge < -0.3 is 14.4 Å². The van der Waals surface area contributed by atoms with Crippen LogP contribution in [0.25, 0.3) is 22.3 Å². The first-order valence-corrected chi connectivity index (χ1v) is 13.1.